The fraction of sp³-hybridized carbons (Fsp3) is 0.692. The third-order valence-electron chi connectivity index (χ3n) is 2.64. The van der Waals surface area contributed by atoms with Crippen LogP contribution in [0, 0.1) is 6.92 Å². The first kappa shape index (κ1) is 12.2. The van der Waals surface area contributed by atoms with Crippen LogP contribution in [-0.2, 0) is 6.42 Å². The molecule has 1 rings (SSSR count). The van der Waals surface area contributed by atoms with Crippen molar-refractivity contribution in [1.82, 2.24) is 9.97 Å². The molecule has 0 aliphatic rings. The highest BCUT2D eigenvalue weighted by Crippen LogP contribution is 2.21. The number of rotatable bonds is 3. The Morgan fingerprint density at radius 1 is 0.933 bits per heavy atom. The van der Waals surface area contributed by atoms with E-state index >= 15 is 0 Å². The fourth-order valence-electron chi connectivity index (χ4n) is 1.86. The number of aryl methyl sites for hydroxylation is 2. The first-order valence-electron chi connectivity index (χ1n) is 5.84. The Hall–Kier alpha value is -0.920. The lowest BCUT2D eigenvalue weighted by Crippen LogP contribution is -2.09. The van der Waals surface area contributed by atoms with Crippen molar-refractivity contribution in [2.75, 3.05) is 0 Å². The van der Waals surface area contributed by atoms with Crippen LogP contribution in [0.3, 0.4) is 0 Å². The standard InChI is InChI=1S/C13H22N2/c1-7-11-13(9(4)5)14-10(6)12(15-11)8(2)3/h8-9H,7H2,1-6H3. The molecule has 84 valence electrons. The van der Waals surface area contributed by atoms with Gasteiger partial charge in [-0.1, -0.05) is 34.6 Å². The van der Waals surface area contributed by atoms with Crippen LogP contribution in [-0.4, -0.2) is 9.97 Å². The number of hydrogen-bond donors (Lipinski definition) is 0. The summed E-state index contributed by atoms with van der Waals surface area (Å²) in [5.74, 6) is 0.927. The zero-order valence-corrected chi connectivity index (χ0v) is 10.8. The quantitative estimate of drug-likeness (QED) is 0.755. The van der Waals surface area contributed by atoms with Crippen LogP contribution in [0.2, 0.25) is 0 Å². The predicted octanol–water partition coefficient (Wildman–Crippen LogP) is 3.59. The second-order valence-electron chi connectivity index (χ2n) is 4.69. The van der Waals surface area contributed by atoms with Gasteiger partial charge in [0.15, 0.2) is 0 Å². The van der Waals surface area contributed by atoms with Gasteiger partial charge in [-0.3, -0.25) is 9.97 Å². The molecule has 0 N–H and O–H groups in total. The van der Waals surface area contributed by atoms with Crippen LogP contribution in [0.5, 0.6) is 0 Å². The zero-order chi connectivity index (χ0) is 11.6. The summed E-state index contributed by atoms with van der Waals surface area (Å²) in [6.45, 7) is 12.9. The topological polar surface area (TPSA) is 25.8 Å². The largest absolute Gasteiger partial charge is 0.254 e. The van der Waals surface area contributed by atoms with Gasteiger partial charge < -0.3 is 0 Å². The third-order valence-corrected chi connectivity index (χ3v) is 2.64. The normalized spacial score (nSPS) is 11.5. The van der Waals surface area contributed by atoms with E-state index in [1.807, 2.05) is 0 Å². The Labute approximate surface area is 93.2 Å². The molecule has 2 nitrogen and oxygen atoms in total. The van der Waals surface area contributed by atoms with Crippen molar-refractivity contribution in [3.05, 3.63) is 22.8 Å². The van der Waals surface area contributed by atoms with E-state index in [-0.39, 0.29) is 0 Å². The molecule has 1 aromatic rings. The molecule has 0 aliphatic heterocycles. The van der Waals surface area contributed by atoms with Gasteiger partial charge in [0.1, 0.15) is 0 Å². The summed E-state index contributed by atoms with van der Waals surface area (Å²) >= 11 is 0. The van der Waals surface area contributed by atoms with Crippen LogP contribution in [0.25, 0.3) is 0 Å². The minimum Gasteiger partial charge on any atom is -0.254 e. The van der Waals surface area contributed by atoms with Gasteiger partial charge in [0.25, 0.3) is 0 Å². The maximum absolute atomic E-state index is 4.75. The minimum atomic E-state index is 0.462. The summed E-state index contributed by atoms with van der Waals surface area (Å²) in [6, 6.07) is 0. The van der Waals surface area contributed by atoms with Crippen molar-refractivity contribution in [3.63, 3.8) is 0 Å². The lowest BCUT2D eigenvalue weighted by molar-refractivity contribution is 0.722. The van der Waals surface area contributed by atoms with Gasteiger partial charge in [0, 0.05) is 0 Å². The molecule has 0 aromatic carbocycles. The Kier molecular flexibility index (Phi) is 3.83. The highest BCUT2D eigenvalue weighted by Gasteiger charge is 2.14. The summed E-state index contributed by atoms with van der Waals surface area (Å²) < 4.78 is 0. The molecule has 0 radical (unpaired) electrons. The molecule has 0 saturated carbocycles. The van der Waals surface area contributed by atoms with Gasteiger partial charge in [-0.25, -0.2) is 0 Å². The maximum Gasteiger partial charge on any atom is 0.0647 e. The molecule has 1 heterocycles. The van der Waals surface area contributed by atoms with E-state index in [4.69, 9.17) is 9.97 Å². The van der Waals surface area contributed by atoms with E-state index in [9.17, 15) is 0 Å². The first-order chi connectivity index (χ1) is 6.97. The summed E-state index contributed by atoms with van der Waals surface area (Å²) in [5.41, 5.74) is 4.57. The Bertz CT molecular complexity index is 341. The molecule has 1 aromatic heterocycles. The molecule has 0 aliphatic carbocycles. The molecule has 0 atom stereocenters. The van der Waals surface area contributed by atoms with E-state index in [2.05, 4.69) is 41.5 Å². The number of nitrogens with zero attached hydrogens (tertiary/aromatic N) is 2. The molecular formula is C13H22N2. The molecule has 2 heteroatoms. The molecule has 0 bridgehead atoms. The lowest BCUT2D eigenvalue weighted by Gasteiger charge is -2.15. The minimum absolute atomic E-state index is 0.462. The highest BCUT2D eigenvalue weighted by molar-refractivity contribution is 5.23. The summed E-state index contributed by atoms with van der Waals surface area (Å²) in [4.78, 5) is 9.45. The molecule has 15 heavy (non-hydrogen) atoms. The Balaban J connectivity index is 3.29. The fourth-order valence-corrected chi connectivity index (χ4v) is 1.86. The van der Waals surface area contributed by atoms with E-state index < -0.39 is 0 Å². The zero-order valence-electron chi connectivity index (χ0n) is 10.8. The van der Waals surface area contributed by atoms with E-state index in [1.54, 1.807) is 0 Å². The van der Waals surface area contributed by atoms with Crippen LogP contribution in [0.1, 0.15) is 69.2 Å². The molecule has 0 spiro atoms. The van der Waals surface area contributed by atoms with Crippen molar-refractivity contribution in [2.24, 2.45) is 0 Å². The van der Waals surface area contributed by atoms with Gasteiger partial charge in [-0.2, -0.15) is 0 Å². The third kappa shape index (κ3) is 2.55. The van der Waals surface area contributed by atoms with Crippen LogP contribution >= 0.6 is 0 Å². The lowest BCUT2D eigenvalue weighted by atomic mass is 10.0. The first-order valence-corrected chi connectivity index (χ1v) is 5.84. The molecule has 0 amide bonds. The number of hydrogen-bond acceptors (Lipinski definition) is 2. The van der Waals surface area contributed by atoms with Crippen LogP contribution < -0.4 is 0 Å². The van der Waals surface area contributed by atoms with Crippen molar-refractivity contribution in [1.29, 1.82) is 0 Å². The predicted molar refractivity (Wildman–Crippen MR) is 64.3 cm³/mol. The summed E-state index contributed by atoms with van der Waals surface area (Å²) in [6.07, 6.45) is 0.973. The van der Waals surface area contributed by atoms with Crippen molar-refractivity contribution in [2.45, 2.75) is 59.8 Å². The molecule has 0 saturated heterocycles. The Morgan fingerprint density at radius 3 is 1.87 bits per heavy atom. The van der Waals surface area contributed by atoms with Gasteiger partial charge in [-0.05, 0) is 25.2 Å². The Morgan fingerprint density at radius 2 is 1.47 bits per heavy atom. The van der Waals surface area contributed by atoms with Crippen LogP contribution in [0.4, 0.5) is 0 Å². The summed E-state index contributed by atoms with van der Waals surface area (Å²) in [7, 11) is 0. The van der Waals surface area contributed by atoms with E-state index in [0.717, 1.165) is 17.8 Å². The van der Waals surface area contributed by atoms with E-state index in [0.29, 0.717) is 11.8 Å². The van der Waals surface area contributed by atoms with Gasteiger partial charge in [0.05, 0.1) is 22.8 Å². The van der Waals surface area contributed by atoms with E-state index in [1.165, 1.54) is 11.4 Å². The highest BCUT2D eigenvalue weighted by atomic mass is 14.9. The SMILES string of the molecule is CCc1nc(C(C)C)c(C)nc1C(C)C. The smallest absolute Gasteiger partial charge is 0.0647 e. The average molecular weight is 206 g/mol. The van der Waals surface area contributed by atoms with Gasteiger partial charge >= 0.3 is 0 Å². The van der Waals surface area contributed by atoms with Gasteiger partial charge in [-0.15, -0.1) is 0 Å². The monoisotopic (exact) mass is 206 g/mol. The second kappa shape index (κ2) is 4.73. The number of aromatic nitrogens is 2. The second-order valence-corrected chi connectivity index (χ2v) is 4.69. The van der Waals surface area contributed by atoms with Crippen LogP contribution in [0.15, 0.2) is 0 Å². The maximum atomic E-state index is 4.75. The van der Waals surface area contributed by atoms with Gasteiger partial charge in [0.2, 0.25) is 0 Å². The summed E-state index contributed by atoms with van der Waals surface area (Å²) in [5, 5.41) is 0. The molecular weight excluding hydrogens is 184 g/mol. The molecule has 0 unspecified atom stereocenters. The van der Waals surface area contributed by atoms with Crippen molar-refractivity contribution >= 4 is 0 Å². The van der Waals surface area contributed by atoms with Crippen molar-refractivity contribution in [3.8, 4) is 0 Å². The molecule has 0 fully saturated rings. The van der Waals surface area contributed by atoms with Crippen molar-refractivity contribution < 1.29 is 0 Å². The average Bonchev–Trinajstić information content (AvgIpc) is 2.16.